The number of nitrogens with one attached hydrogen (secondary N) is 2. The summed E-state index contributed by atoms with van der Waals surface area (Å²) in [7, 11) is 1.85. The highest BCUT2D eigenvalue weighted by molar-refractivity contribution is 7.86. The number of hydrogen-bond acceptors (Lipinski definition) is 5. The first-order valence-electron chi connectivity index (χ1n) is 11.2. The van der Waals surface area contributed by atoms with Gasteiger partial charge in [0.05, 0.1) is 21.2 Å². The van der Waals surface area contributed by atoms with Crippen molar-refractivity contribution in [3.8, 4) is 0 Å². The van der Waals surface area contributed by atoms with E-state index in [-0.39, 0.29) is 33.7 Å². The number of anilines is 2. The van der Waals surface area contributed by atoms with Crippen molar-refractivity contribution in [3.05, 3.63) is 70.7 Å². The summed E-state index contributed by atoms with van der Waals surface area (Å²) < 4.78 is 74.2. The van der Waals surface area contributed by atoms with Crippen LogP contribution in [0.25, 0.3) is 0 Å². The van der Waals surface area contributed by atoms with E-state index >= 15 is 0 Å². The molecule has 36 heavy (non-hydrogen) atoms. The summed E-state index contributed by atoms with van der Waals surface area (Å²) in [6.45, 7) is 0. The first-order valence-corrected chi connectivity index (χ1v) is 12.7. The lowest BCUT2D eigenvalue weighted by Crippen LogP contribution is -2.47. The summed E-state index contributed by atoms with van der Waals surface area (Å²) in [6, 6.07) is 9.26. The molecular formula is C24H25ClF4N4O2S. The van der Waals surface area contributed by atoms with E-state index < -0.39 is 28.5 Å². The lowest BCUT2D eigenvalue weighted by atomic mass is 9.78. The first-order chi connectivity index (χ1) is 17.0. The van der Waals surface area contributed by atoms with E-state index in [0.717, 1.165) is 6.07 Å². The third kappa shape index (κ3) is 6.01. The van der Waals surface area contributed by atoms with Crippen LogP contribution in [0.5, 0.6) is 0 Å². The first kappa shape index (κ1) is 26.4. The largest absolute Gasteiger partial charge is 0.416 e. The van der Waals surface area contributed by atoms with Gasteiger partial charge in [-0.15, -0.1) is 0 Å². The number of aromatic nitrogens is 1. The quantitative estimate of drug-likeness (QED) is 0.342. The highest BCUT2D eigenvalue weighted by Crippen LogP contribution is 2.39. The summed E-state index contributed by atoms with van der Waals surface area (Å²) in [5.74, 6) is -0.565. The molecule has 4 rings (SSSR count). The van der Waals surface area contributed by atoms with Gasteiger partial charge in [-0.1, -0.05) is 35.0 Å². The maximum atomic E-state index is 14.9. The van der Waals surface area contributed by atoms with Crippen LogP contribution in [0.2, 0.25) is 5.02 Å². The van der Waals surface area contributed by atoms with Crippen LogP contribution in [0.3, 0.4) is 0 Å². The summed E-state index contributed by atoms with van der Waals surface area (Å²) in [5.41, 5.74) is 0.357. The topological polar surface area (TPSA) is 70.4 Å². The van der Waals surface area contributed by atoms with E-state index in [9.17, 15) is 21.8 Å². The molecular weight excluding hydrogens is 520 g/mol. The third-order valence-corrected chi connectivity index (χ3v) is 7.78. The van der Waals surface area contributed by atoms with E-state index in [1.165, 1.54) is 36.6 Å². The molecule has 1 aromatic heterocycles. The molecule has 1 heterocycles. The van der Waals surface area contributed by atoms with Crippen LogP contribution in [0.15, 0.2) is 58.1 Å². The maximum Gasteiger partial charge on any atom is 0.416 e. The minimum atomic E-state index is -4.39. The Labute approximate surface area is 213 Å². The zero-order valence-electron chi connectivity index (χ0n) is 19.5. The molecule has 0 aliphatic heterocycles. The predicted molar refractivity (Wildman–Crippen MR) is 131 cm³/mol. The van der Waals surface area contributed by atoms with E-state index in [2.05, 4.69) is 19.7 Å². The fourth-order valence-electron chi connectivity index (χ4n) is 4.55. The standard InChI is InChI=1S/C24H25ClF4N4O2S/c1-33(2)21-11-15(14-4-3-5-16(10-14)24(27,28)29)6-7-19(21)30-20-13-18(26)22(12-17(20)25)36(34)32-23-8-9-35-31-23/h3-5,8-10,12-13,15,19,21,30H,6-7,11H2,1-2H3,(H,31,32)/t15-,19+,21?,36?/m1/s1. The van der Waals surface area contributed by atoms with Gasteiger partial charge in [0.2, 0.25) is 0 Å². The second-order valence-electron chi connectivity index (χ2n) is 8.93. The van der Waals surface area contributed by atoms with E-state index in [1.807, 2.05) is 19.0 Å². The summed E-state index contributed by atoms with van der Waals surface area (Å²) in [5, 5.41) is 7.09. The van der Waals surface area contributed by atoms with Gasteiger partial charge in [0, 0.05) is 18.2 Å². The Morgan fingerprint density at radius 3 is 2.61 bits per heavy atom. The smallest absolute Gasteiger partial charge is 0.379 e. The summed E-state index contributed by atoms with van der Waals surface area (Å²) >= 11 is 6.41. The van der Waals surface area contributed by atoms with Gasteiger partial charge in [-0.25, -0.2) is 8.60 Å². The highest BCUT2D eigenvalue weighted by atomic mass is 35.5. The van der Waals surface area contributed by atoms with Crippen LogP contribution in [0, 0.1) is 5.82 Å². The lowest BCUT2D eigenvalue weighted by molar-refractivity contribution is -0.137. The van der Waals surface area contributed by atoms with Gasteiger partial charge in [-0.2, -0.15) is 13.2 Å². The minimum Gasteiger partial charge on any atom is -0.379 e. The highest BCUT2D eigenvalue weighted by Gasteiger charge is 2.35. The molecule has 0 saturated heterocycles. The Hall–Kier alpha value is -2.63. The number of nitrogens with zero attached hydrogens (tertiary/aromatic N) is 2. The fourth-order valence-corrected chi connectivity index (χ4v) is 5.70. The van der Waals surface area contributed by atoms with E-state index in [4.69, 9.17) is 11.6 Å². The van der Waals surface area contributed by atoms with Crippen LogP contribution in [-0.2, 0) is 17.2 Å². The molecule has 2 aromatic carbocycles. The predicted octanol–water partition coefficient (Wildman–Crippen LogP) is 6.30. The molecule has 0 amide bonds. The Morgan fingerprint density at radius 2 is 1.94 bits per heavy atom. The number of halogens is 5. The molecule has 194 valence electrons. The summed E-state index contributed by atoms with van der Waals surface area (Å²) in [6.07, 6.45) is -1.18. The number of rotatable bonds is 7. The molecule has 6 nitrogen and oxygen atoms in total. The number of benzene rings is 2. The fraction of sp³-hybridized carbons (Fsp3) is 0.375. The monoisotopic (exact) mass is 544 g/mol. The molecule has 3 aromatic rings. The molecule has 0 radical (unpaired) electrons. The van der Waals surface area contributed by atoms with Crippen molar-refractivity contribution in [2.45, 2.75) is 48.3 Å². The van der Waals surface area contributed by atoms with Crippen molar-refractivity contribution in [1.29, 1.82) is 0 Å². The van der Waals surface area contributed by atoms with Crippen LogP contribution in [0.1, 0.15) is 36.3 Å². The van der Waals surface area contributed by atoms with E-state index in [0.29, 0.717) is 30.5 Å². The molecule has 1 aliphatic carbocycles. The van der Waals surface area contributed by atoms with Gasteiger partial charge in [0.1, 0.15) is 12.1 Å². The van der Waals surface area contributed by atoms with E-state index in [1.54, 1.807) is 6.07 Å². The zero-order valence-corrected chi connectivity index (χ0v) is 21.1. The number of alkyl halides is 3. The van der Waals surface area contributed by atoms with Gasteiger partial charge in [0.15, 0.2) is 16.8 Å². The number of hydrogen-bond donors (Lipinski definition) is 2. The second-order valence-corrected chi connectivity index (χ2v) is 10.5. The van der Waals surface area contributed by atoms with Crippen molar-refractivity contribution >= 4 is 34.1 Å². The molecule has 2 N–H and O–H groups in total. The molecule has 1 fully saturated rings. The normalized spacial score (nSPS) is 21.4. The van der Waals surface area contributed by atoms with Crippen molar-refractivity contribution in [2.75, 3.05) is 24.1 Å². The van der Waals surface area contributed by atoms with Gasteiger partial charge in [-0.05, 0) is 63.0 Å². The average Bonchev–Trinajstić information content (AvgIpc) is 3.33. The molecule has 2 unspecified atom stereocenters. The van der Waals surface area contributed by atoms with Gasteiger partial charge in [0.25, 0.3) is 0 Å². The van der Waals surface area contributed by atoms with Crippen LogP contribution < -0.4 is 10.0 Å². The van der Waals surface area contributed by atoms with Crippen LogP contribution >= 0.6 is 11.6 Å². The van der Waals surface area contributed by atoms with Crippen LogP contribution in [0.4, 0.5) is 29.1 Å². The summed E-state index contributed by atoms with van der Waals surface area (Å²) in [4.78, 5) is 1.87. The Balaban J connectivity index is 1.49. The minimum absolute atomic E-state index is 0.0416. The number of likely N-dealkylation sites (N-methyl/N-ethyl adjacent to an activating group) is 1. The van der Waals surface area contributed by atoms with Crippen LogP contribution in [-0.4, -0.2) is 40.4 Å². The Bertz CT molecular complexity index is 1220. The third-order valence-electron chi connectivity index (χ3n) is 6.36. The molecule has 0 spiro atoms. The van der Waals surface area contributed by atoms with Crippen molar-refractivity contribution < 1.29 is 26.3 Å². The SMILES string of the molecule is CN(C)C1C[C@H](c2cccc(C(F)(F)F)c2)CC[C@@H]1Nc1cc(F)c(S(=O)Nc2ccon2)cc1Cl. The van der Waals surface area contributed by atoms with Gasteiger partial charge in [-0.3, -0.25) is 4.72 Å². The zero-order chi connectivity index (χ0) is 26.0. The van der Waals surface area contributed by atoms with Crippen molar-refractivity contribution in [3.63, 3.8) is 0 Å². The molecule has 1 saturated carbocycles. The molecule has 1 aliphatic rings. The Kier molecular flexibility index (Phi) is 7.91. The lowest BCUT2D eigenvalue weighted by Gasteiger charge is -2.41. The molecule has 0 bridgehead atoms. The molecule has 12 heteroatoms. The van der Waals surface area contributed by atoms with Crippen molar-refractivity contribution in [1.82, 2.24) is 10.1 Å². The molecule has 4 atom stereocenters. The van der Waals surface area contributed by atoms with Gasteiger partial charge >= 0.3 is 6.18 Å². The van der Waals surface area contributed by atoms with Crippen molar-refractivity contribution in [2.24, 2.45) is 0 Å². The second kappa shape index (κ2) is 10.8. The van der Waals surface area contributed by atoms with Gasteiger partial charge < -0.3 is 14.7 Å². The Morgan fingerprint density at radius 1 is 1.17 bits per heavy atom. The maximum absolute atomic E-state index is 14.9. The average molecular weight is 545 g/mol.